The molecule has 1 fully saturated rings. The van der Waals surface area contributed by atoms with Crippen LogP contribution in [0.2, 0.25) is 0 Å². The second kappa shape index (κ2) is 7.55. The first-order valence-electron chi connectivity index (χ1n) is 7.71. The van der Waals surface area contributed by atoms with Gasteiger partial charge >= 0.3 is 0 Å². The van der Waals surface area contributed by atoms with Crippen LogP contribution in [-0.4, -0.2) is 27.4 Å². The molecular weight excluding hydrogens is 266 g/mol. The van der Waals surface area contributed by atoms with Crippen molar-refractivity contribution >= 4 is 0 Å². The molecule has 4 heteroatoms. The Morgan fingerprint density at radius 3 is 2.10 bits per heavy atom. The van der Waals surface area contributed by atoms with Gasteiger partial charge in [-0.15, -0.1) is 0 Å². The predicted octanol–water partition coefficient (Wildman–Crippen LogP) is 3.38. The highest BCUT2D eigenvalue weighted by atomic mass is 16.5. The van der Waals surface area contributed by atoms with E-state index in [4.69, 9.17) is 14.2 Å². The lowest BCUT2D eigenvalue weighted by Crippen LogP contribution is -2.32. The van der Waals surface area contributed by atoms with Gasteiger partial charge < -0.3 is 19.5 Å². The molecule has 0 radical (unpaired) electrons. The summed E-state index contributed by atoms with van der Waals surface area (Å²) in [4.78, 5) is 0. The van der Waals surface area contributed by atoms with Gasteiger partial charge in [0, 0.05) is 24.7 Å². The van der Waals surface area contributed by atoms with E-state index in [9.17, 15) is 0 Å². The third-order valence-electron chi connectivity index (χ3n) is 4.52. The van der Waals surface area contributed by atoms with Crippen molar-refractivity contribution in [3.8, 4) is 17.2 Å². The summed E-state index contributed by atoms with van der Waals surface area (Å²) in [5.41, 5.74) is 1.05. The van der Waals surface area contributed by atoms with Gasteiger partial charge in [-0.05, 0) is 25.7 Å². The van der Waals surface area contributed by atoms with Crippen molar-refractivity contribution in [2.24, 2.45) is 5.92 Å². The largest absolute Gasteiger partial charge is 0.496 e. The Bertz CT molecular complexity index is 430. The number of rotatable bonds is 7. The molecule has 0 heterocycles. The van der Waals surface area contributed by atoms with Crippen molar-refractivity contribution in [2.45, 2.75) is 45.2 Å². The number of hydrogen-bond donors (Lipinski definition) is 1. The van der Waals surface area contributed by atoms with Crippen LogP contribution in [-0.2, 0) is 6.54 Å². The van der Waals surface area contributed by atoms with Gasteiger partial charge in [-0.2, -0.15) is 0 Å². The Kier molecular flexibility index (Phi) is 5.74. The van der Waals surface area contributed by atoms with E-state index < -0.39 is 0 Å². The summed E-state index contributed by atoms with van der Waals surface area (Å²) in [6.45, 7) is 3.02. The van der Waals surface area contributed by atoms with Crippen LogP contribution in [0.5, 0.6) is 17.2 Å². The SMILES string of the molecule is COc1cc(OC)c(CN[C@@H](C)C2CCCC2)c(OC)c1. The molecule has 118 valence electrons. The van der Waals surface area contributed by atoms with Crippen molar-refractivity contribution in [3.63, 3.8) is 0 Å². The lowest BCUT2D eigenvalue weighted by molar-refractivity contribution is 0.351. The van der Waals surface area contributed by atoms with E-state index in [2.05, 4.69) is 12.2 Å². The maximum Gasteiger partial charge on any atom is 0.130 e. The molecule has 1 aliphatic carbocycles. The highest BCUT2D eigenvalue weighted by Crippen LogP contribution is 2.34. The molecule has 21 heavy (non-hydrogen) atoms. The zero-order valence-electron chi connectivity index (χ0n) is 13.6. The molecule has 1 saturated carbocycles. The second-order valence-corrected chi connectivity index (χ2v) is 5.72. The molecule has 1 N–H and O–H groups in total. The number of benzene rings is 1. The molecule has 0 aromatic heterocycles. The van der Waals surface area contributed by atoms with Crippen LogP contribution < -0.4 is 19.5 Å². The van der Waals surface area contributed by atoms with Gasteiger partial charge in [-0.1, -0.05) is 12.8 Å². The van der Waals surface area contributed by atoms with Crippen LogP contribution in [0.3, 0.4) is 0 Å². The number of nitrogens with one attached hydrogen (secondary N) is 1. The fraction of sp³-hybridized carbons (Fsp3) is 0.647. The Balaban J connectivity index is 2.10. The molecule has 4 nitrogen and oxygen atoms in total. The molecule has 0 saturated heterocycles. The number of ether oxygens (including phenoxy) is 3. The van der Waals surface area contributed by atoms with Crippen LogP contribution in [0.25, 0.3) is 0 Å². The molecule has 0 aliphatic heterocycles. The Hall–Kier alpha value is -1.42. The average Bonchev–Trinajstić information content (AvgIpc) is 3.06. The minimum atomic E-state index is 0.518. The minimum absolute atomic E-state index is 0.518. The minimum Gasteiger partial charge on any atom is -0.496 e. The highest BCUT2D eigenvalue weighted by molar-refractivity contribution is 5.50. The van der Waals surface area contributed by atoms with Gasteiger partial charge in [0.2, 0.25) is 0 Å². The van der Waals surface area contributed by atoms with Crippen molar-refractivity contribution in [1.29, 1.82) is 0 Å². The smallest absolute Gasteiger partial charge is 0.130 e. The van der Waals surface area contributed by atoms with Crippen LogP contribution in [0.15, 0.2) is 12.1 Å². The summed E-state index contributed by atoms with van der Waals surface area (Å²) < 4.78 is 16.3. The first-order valence-corrected chi connectivity index (χ1v) is 7.71. The van der Waals surface area contributed by atoms with Crippen LogP contribution in [0, 0.1) is 5.92 Å². The molecule has 2 rings (SSSR count). The summed E-state index contributed by atoms with van der Waals surface area (Å²) in [5, 5.41) is 3.63. The summed E-state index contributed by atoms with van der Waals surface area (Å²) in [7, 11) is 5.00. The summed E-state index contributed by atoms with van der Waals surface area (Å²) >= 11 is 0. The van der Waals surface area contributed by atoms with E-state index in [1.807, 2.05) is 12.1 Å². The van der Waals surface area contributed by atoms with E-state index in [-0.39, 0.29) is 0 Å². The van der Waals surface area contributed by atoms with Crippen LogP contribution in [0.1, 0.15) is 38.2 Å². The van der Waals surface area contributed by atoms with Gasteiger partial charge in [0.1, 0.15) is 17.2 Å². The predicted molar refractivity (Wildman–Crippen MR) is 84.4 cm³/mol. The maximum atomic E-state index is 5.49. The summed E-state index contributed by atoms with van der Waals surface area (Å²) in [6, 6.07) is 4.32. The Morgan fingerprint density at radius 2 is 1.62 bits per heavy atom. The maximum absolute atomic E-state index is 5.49. The van der Waals surface area contributed by atoms with Gasteiger partial charge in [0.05, 0.1) is 26.9 Å². The average molecular weight is 293 g/mol. The van der Waals surface area contributed by atoms with Crippen molar-refractivity contribution in [1.82, 2.24) is 5.32 Å². The lowest BCUT2D eigenvalue weighted by Gasteiger charge is -2.22. The quantitative estimate of drug-likeness (QED) is 0.836. The zero-order chi connectivity index (χ0) is 15.2. The second-order valence-electron chi connectivity index (χ2n) is 5.72. The van der Waals surface area contributed by atoms with Crippen LogP contribution >= 0.6 is 0 Å². The van der Waals surface area contributed by atoms with E-state index in [1.54, 1.807) is 21.3 Å². The third-order valence-corrected chi connectivity index (χ3v) is 4.52. The summed E-state index contributed by atoms with van der Waals surface area (Å²) in [5.74, 6) is 3.14. The molecular formula is C17H27NO3. The summed E-state index contributed by atoms with van der Waals surface area (Å²) in [6.07, 6.45) is 5.41. The van der Waals surface area contributed by atoms with E-state index in [0.29, 0.717) is 6.04 Å². The molecule has 0 amide bonds. The molecule has 0 unspecified atom stereocenters. The molecule has 1 atom stereocenters. The Labute approximate surface area is 127 Å². The standard InChI is InChI=1S/C17H27NO3/c1-12(13-7-5-6-8-13)18-11-15-16(20-3)9-14(19-2)10-17(15)21-4/h9-10,12-13,18H,5-8,11H2,1-4H3/t12-/m0/s1. The molecule has 1 aromatic carbocycles. The fourth-order valence-electron chi connectivity index (χ4n) is 3.14. The third kappa shape index (κ3) is 3.82. The number of methoxy groups -OCH3 is 3. The molecule has 1 aromatic rings. The van der Waals surface area contributed by atoms with Gasteiger partial charge in [-0.3, -0.25) is 0 Å². The van der Waals surface area contributed by atoms with Gasteiger partial charge in [0.25, 0.3) is 0 Å². The Morgan fingerprint density at radius 1 is 1.05 bits per heavy atom. The normalized spacial score (nSPS) is 16.8. The first kappa shape index (κ1) is 16.0. The van der Waals surface area contributed by atoms with E-state index in [0.717, 1.165) is 35.3 Å². The van der Waals surface area contributed by atoms with Gasteiger partial charge in [-0.25, -0.2) is 0 Å². The topological polar surface area (TPSA) is 39.7 Å². The van der Waals surface area contributed by atoms with Crippen molar-refractivity contribution in [3.05, 3.63) is 17.7 Å². The van der Waals surface area contributed by atoms with Gasteiger partial charge in [0.15, 0.2) is 0 Å². The van der Waals surface area contributed by atoms with Crippen molar-refractivity contribution < 1.29 is 14.2 Å². The number of hydrogen-bond acceptors (Lipinski definition) is 4. The van der Waals surface area contributed by atoms with E-state index in [1.165, 1.54) is 25.7 Å². The monoisotopic (exact) mass is 293 g/mol. The molecule has 0 spiro atoms. The molecule has 0 bridgehead atoms. The lowest BCUT2D eigenvalue weighted by atomic mass is 9.99. The molecule has 1 aliphatic rings. The van der Waals surface area contributed by atoms with Crippen molar-refractivity contribution in [2.75, 3.05) is 21.3 Å². The van der Waals surface area contributed by atoms with Crippen LogP contribution in [0.4, 0.5) is 0 Å². The van der Waals surface area contributed by atoms with E-state index >= 15 is 0 Å². The highest BCUT2D eigenvalue weighted by Gasteiger charge is 2.22. The zero-order valence-corrected chi connectivity index (χ0v) is 13.6. The first-order chi connectivity index (χ1) is 10.2. The fourth-order valence-corrected chi connectivity index (χ4v) is 3.14.